The van der Waals surface area contributed by atoms with Crippen molar-refractivity contribution in [1.82, 2.24) is 0 Å². The number of anilines is 1. The number of alkyl halides is 3. The molecule has 2 N–H and O–H groups in total. The highest BCUT2D eigenvalue weighted by molar-refractivity contribution is 6.51. The van der Waals surface area contributed by atoms with Gasteiger partial charge in [-0.25, -0.2) is 0 Å². The smallest absolute Gasteiger partial charge is 0.508 e. The summed E-state index contributed by atoms with van der Waals surface area (Å²) >= 11 is 0. The third-order valence-electron chi connectivity index (χ3n) is 5.64. The first kappa shape index (κ1) is 25.4. The Labute approximate surface area is 208 Å². The van der Waals surface area contributed by atoms with Crippen LogP contribution >= 0.6 is 0 Å². The van der Waals surface area contributed by atoms with Crippen molar-refractivity contribution < 1.29 is 47.2 Å². The summed E-state index contributed by atoms with van der Waals surface area (Å²) in [6.45, 7) is 0. The molecule has 1 amide bonds. The van der Waals surface area contributed by atoms with Crippen LogP contribution in [-0.2, 0) is 9.59 Å². The van der Waals surface area contributed by atoms with Gasteiger partial charge in [0.15, 0.2) is 11.5 Å². The molecule has 3 aromatic carbocycles. The number of halogens is 3. The average Bonchev–Trinajstić information content (AvgIpc) is 3.13. The van der Waals surface area contributed by atoms with Crippen LogP contribution in [0.25, 0.3) is 5.76 Å². The molecule has 3 aromatic rings. The van der Waals surface area contributed by atoms with Crippen LogP contribution in [0.4, 0.5) is 18.9 Å². The van der Waals surface area contributed by atoms with Crippen LogP contribution in [0.1, 0.15) is 17.2 Å². The van der Waals surface area contributed by atoms with Crippen molar-refractivity contribution in [2.45, 2.75) is 12.4 Å². The molecule has 0 saturated carbocycles. The number of methoxy groups -OCH3 is 2. The molecule has 192 valence electrons. The van der Waals surface area contributed by atoms with E-state index >= 15 is 0 Å². The number of carbonyl (C=O) groups excluding carboxylic acids is 2. The first-order valence-electron chi connectivity index (χ1n) is 10.7. The fraction of sp³-hybridized carbons (Fsp3) is 0.154. The number of nitrogens with zero attached hydrogens (tertiary/aromatic N) is 1. The Balaban J connectivity index is 1.91. The number of rotatable bonds is 6. The zero-order valence-corrected chi connectivity index (χ0v) is 19.4. The monoisotopic (exact) mass is 515 g/mol. The molecule has 11 heteroatoms. The number of phenols is 1. The second-order valence-corrected chi connectivity index (χ2v) is 7.88. The van der Waals surface area contributed by atoms with E-state index in [4.69, 9.17) is 9.47 Å². The molecule has 1 aliphatic rings. The predicted molar refractivity (Wildman–Crippen MR) is 126 cm³/mol. The van der Waals surface area contributed by atoms with Gasteiger partial charge in [-0.1, -0.05) is 18.2 Å². The Morgan fingerprint density at radius 3 is 2.22 bits per heavy atom. The van der Waals surface area contributed by atoms with E-state index in [2.05, 4.69) is 4.74 Å². The second kappa shape index (κ2) is 9.76. The lowest BCUT2D eigenvalue weighted by molar-refractivity contribution is -0.274. The van der Waals surface area contributed by atoms with Gasteiger partial charge in [-0.3, -0.25) is 14.5 Å². The largest absolute Gasteiger partial charge is 0.573 e. The number of ketones is 1. The lowest BCUT2D eigenvalue weighted by atomic mass is 9.95. The fourth-order valence-electron chi connectivity index (χ4n) is 4.04. The van der Waals surface area contributed by atoms with Crippen molar-refractivity contribution in [2.75, 3.05) is 19.1 Å². The number of aliphatic hydroxyl groups is 1. The number of Topliss-reactive ketones (excluding diaryl/α,β-unsaturated/α-hetero) is 1. The Kier molecular flexibility index (Phi) is 6.71. The lowest BCUT2D eigenvalue weighted by Gasteiger charge is -2.26. The Bertz CT molecular complexity index is 1380. The summed E-state index contributed by atoms with van der Waals surface area (Å²) in [7, 11) is 2.80. The second-order valence-electron chi connectivity index (χ2n) is 7.88. The molecule has 37 heavy (non-hydrogen) atoms. The zero-order valence-electron chi connectivity index (χ0n) is 19.4. The highest BCUT2D eigenvalue weighted by Gasteiger charge is 2.47. The molecule has 0 bridgehead atoms. The van der Waals surface area contributed by atoms with Gasteiger partial charge in [-0.15, -0.1) is 13.2 Å². The SMILES string of the molecule is COc1ccc(/C(O)=C2\C(=O)C(=O)N(c3cccc(OC(F)(F)F)c3)C2c2ccc(O)cc2)cc1OC. The van der Waals surface area contributed by atoms with E-state index in [0.717, 1.165) is 17.0 Å². The van der Waals surface area contributed by atoms with E-state index < -0.39 is 35.6 Å². The molecule has 0 radical (unpaired) electrons. The molecule has 8 nitrogen and oxygen atoms in total. The molecule has 0 spiro atoms. The Morgan fingerprint density at radius 1 is 0.919 bits per heavy atom. The van der Waals surface area contributed by atoms with Gasteiger partial charge in [-0.05, 0) is 48.0 Å². The van der Waals surface area contributed by atoms with Gasteiger partial charge in [0, 0.05) is 17.3 Å². The van der Waals surface area contributed by atoms with Crippen LogP contribution in [-0.4, -0.2) is 42.5 Å². The van der Waals surface area contributed by atoms with Gasteiger partial charge in [0.1, 0.15) is 17.3 Å². The van der Waals surface area contributed by atoms with Crippen molar-refractivity contribution in [2.24, 2.45) is 0 Å². The number of ether oxygens (including phenoxy) is 3. The van der Waals surface area contributed by atoms with Crippen molar-refractivity contribution in [3.63, 3.8) is 0 Å². The van der Waals surface area contributed by atoms with Crippen molar-refractivity contribution >= 4 is 23.1 Å². The summed E-state index contributed by atoms with van der Waals surface area (Å²) in [6.07, 6.45) is -4.98. The van der Waals surface area contributed by atoms with Gasteiger partial charge in [0.05, 0.1) is 25.8 Å². The number of carbonyl (C=O) groups is 2. The van der Waals surface area contributed by atoms with Gasteiger partial charge in [-0.2, -0.15) is 0 Å². The normalized spacial score (nSPS) is 17.1. The quantitative estimate of drug-likeness (QED) is 0.272. The van der Waals surface area contributed by atoms with Crippen LogP contribution in [0.2, 0.25) is 0 Å². The first-order valence-corrected chi connectivity index (χ1v) is 10.7. The highest BCUT2D eigenvalue weighted by atomic mass is 19.4. The minimum absolute atomic E-state index is 0.0757. The van der Waals surface area contributed by atoms with Crippen LogP contribution in [0.15, 0.2) is 72.3 Å². The maximum absolute atomic E-state index is 13.2. The van der Waals surface area contributed by atoms with E-state index in [0.29, 0.717) is 11.3 Å². The number of phenolic OH excluding ortho intramolecular Hbond substituents is 1. The lowest BCUT2D eigenvalue weighted by Crippen LogP contribution is -2.29. The highest BCUT2D eigenvalue weighted by Crippen LogP contribution is 2.44. The van der Waals surface area contributed by atoms with Gasteiger partial charge >= 0.3 is 6.36 Å². The van der Waals surface area contributed by atoms with Gasteiger partial charge in [0.2, 0.25) is 0 Å². The van der Waals surface area contributed by atoms with Crippen molar-refractivity contribution in [3.05, 3.63) is 83.4 Å². The van der Waals surface area contributed by atoms with E-state index in [1.165, 1.54) is 68.8 Å². The molecule has 1 saturated heterocycles. The van der Waals surface area contributed by atoms with Crippen LogP contribution < -0.4 is 19.1 Å². The summed E-state index contributed by atoms with van der Waals surface area (Å²) in [4.78, 5) is 27.4. The van der Waals surface area contributed by atoms with Crippen molar-refractivity contribution in [1.29, 1.82) is 0 Å². The molecule has 0 aromatic heterocycles. The zero-order chi connectivity index (χ0) is 26.9. The van der Waals surface area contributed by atoms with Gasteiger partial charge in [0.25, 0.3) is 11.7 Å². The number of aromatic hydroxyl groups is 1. The third kappa shape index (κ3) is 5.01. The molecule has 1 aliphatic heterocycles. The molecule has 1 unspecified atom stereocenters. The standard InChI is InChI=1S/C26H20F3NO7/c1-35-19-11-8-15(12-20(19)36-2)23(32)21-22(14-6-9-17(31)10-7-14)30(25(34)24(21)33)16-4-3-5-18(13-16)37-26(27,28)29/h3-13,22,31-32H,1-2H3/b23-21+. The number of benzene rings is 3. The molecular weight excluding hydrogens is 495 g/mol. The maximum atomic E-state index is 13.2. The number of hydrogen-bond donors (Lipinski definition) is 2. The Hall–Kier alpha value is -4.67. The summed E-state index contributed by atoms with van der Waals surface area (Å²) < 4.78 is 52.8. The number of amides is 1. The summed E-state index contributed by atoms with van der Waals surface area (Å²) in [6, 6.07) is 13.2. The minimum atomic E-state index is -4.98. The average molecular weight is 515 g/mol. The van der Waals surface area contributed by atoms with E-state index in [-0.39, 0.29) is 28.3 Å². The molecule has 1 fully saturated rings. The van der Waals surface area contributed by atoms with Crippen molar-refractivity contribution in [3.8, 4) is 23.0 Å². The van der Waals surface area contributed by atoms with Gasteiger partial charge < -0.3 is 24.4 Å². The number of aliphatic hydroxyl groups excluding tert-OH is 1. The summed E-state index contributed by atoms with van der Waals surface area (Å²) in [5, 5.41) is 20.9. The third-order valence-corrected chi connectivity index (χ3v) is 5.64. The molecule has 1 atom stereocenters. The van der Waals surface area contributed by atoms with Crippen LogP contribution in [0.5, 0.6) is 23.0 Å². The summed E-state index contributed by atoms with van der Waals surface area (Å²) in [5.74, 6) is -2.77. The minimum Gasteiger partial charge on any atom is -0.508 e. The van der Waals surface area contributed by atoms with E-state index in [1.807, 2.05) is 0 Å². The molecular formula is C26H20F3NO7. The fourth-order valence-corrected chi connectivity index (χ4v) is 4.04. The number of hydrogen-bond acceptors (Lipinski definition) is 7. The molecule has 4 rings (SSSR count). The van der Waals surface area contributed by atoms with E-state index in [1.54, 1.807) is 0 Å². The van der Waals surface area contributed by atoms with Crippen LogP contribution in [0.3, 0.4) is 0 Å². The molecule has 1 heterocycles. The topological polar surface area (TPSA) is 106 Å². The maximum Gasteiger partial charge on any atom is 0.573 e. The summed E-state index contributed by atoms with van der Waals surface area (Å²) in [5.41, 5.74) is 0.0492. The van der Waals surface area contributed by atoms with E-state index in [9.17, 15) is 33.0 Å². The Morgan fingerprint density at radius 2 is 1.59 bits per heavy atom. The molecule has 0 aliphatic carbocycles. The first-order chi connectivity index (χ1) is 17.5. The van der Waals surface area contributed by atoms with Crippen LogP contribution in [0, 0.1) is 0 Å². The predicted octanol–water partition coefficient (Wildman–Crippen LogP) is 4.93.